The Morgan fingerprint density at radius 3 is 1.40 bits per heavy atom. The molecule has 0 aromatic heterocycles. The van der Waals surface area contributed by atoms with Crippen molar-refractivity contribution in [3.63, 3.8) is 0 Å². The lowest BCUT2D eigenvalue weighted by Crippen LogP contribution is -1.96. The van der Waals surface area contributed by atoms with Crippen LogP contribution < -0.4 is 0 Å². The molecule has 0 unspecified atom stereocenters. The van der Waals surface area contributed by atoms with Crippen molar-refractivity contribution < 1.29 is 4.74 Å². The third kappa shape index (κ3) is 18.0. The van der Waals surface area contributed by atoms with Gasteiger partial charge in [0.2, 0.25) is 0 Å². The fourth-order valence-corrected chi connectivity index (χ4v) is 2.53. The van der Waals surface area contributed by atoms with Gasteiger partial charge in [-0.15, -0.1) is 0 Å². The molecule has 0 aliphatic rings. The van der Waals surface area contributed by atoms with Gasteiger partial charge in [0.05, 0.1) is 0 Å². The zero-order valence-corrected chi connectivity index (χ0v) is 14.1. The van der Waals surface area contributed by atoms with Gasteiger partial charge in [0, 0.05) is 13.2 Å². The lowest BCUT2D eigenvalue weighted by atomic mass is 10.1. The van der Waals surface area contributed by atoms with Gasteiger partial charge < -0.3 is 4.74 Å². The fourth-order valence-electron chi connectivity index (χ4n) is 2.53. The van der Waals surface area contributed by atoms with Crippen molar-refractivity contribution in [2.75, 3.05) is 13.2 Å². The summed E-state index contributed by atoms with van der Waals surface area (Å²) in [5, 5.41) is 0. The van der Waals surface area contributed by atoms with Gasteiger partial charge in [0.15, 0.2) is 0 Å². The lowest BCUT2D eigenvalue weighted by molar-refractivity contribution is 0.126. The predicted octanol–water partition coefficient (Wildman–Crippen LogP) is 6.71. The first-order chi connectivity index (χ1) is 9.91. The zero-order valence-electron chi connectivity index (χ0n) is 14.1. The summed E-state index contributed by atoms with van der Waals surface area (Å²) >= 11 is 0. The molecule has 0 bridgehead atoms. The highest BCUT2D eigenvalue weighted by molar-refractivity contribution is 4.49. The van der Waals surface area contributed by atoms with Crippen LogP contribution in [0.15, 0.2) is 0 Å². The second-order valence-electron chi connectivity index (χ2n) is 6.06. The molecule has 20 heavy (non-hydrogen) atoms. The van der Waals surface area contributed by atoms with Gasteiger partial charge in [-0.2, -0.15) is 0 Å². The van der Waals surface area contributed by atoms with E-state index in [1.807, 2.05) is 0 Å². The van der Waals surface area contributed by atoms with Gasteiger partial charge in [-0.05, 0) is 12.8 Å². The molecule has 0 spiro atoms. The zero-order chi connectivity index (χ0) is 14.7. The van der Waals surface area contributed by atoms with Crippen LogP contribution in [0.2, 0.25) is 0 Å². The van der Waals surface area contributed by atoms with Crippen LogP contribution in [0.5, 0.6) is 0 Å². The molecule has 0 saturated heterocycles. The van der Waals surface area contributed by atoms with Gasteiger partial charge in [-0.1, -0.05) is 97.3 Å². The van der Waals surface area contributed by atoms with Crippen LogP contribution in [0, 0.1) is 6.92 Å². The summed E-state index contributed by atoms with van der Waals surface area (Å²) in [4.78, 5) is 0. The maximum Gasteiger partial charge on any atom is 0.0466 e. The van der Waals surface area contributed by atoms with Gasteiger partial charge in [0.25, 0.3) is 0 Å². The topological polar surface area (TPSA) is 9.23 Å². The van der Waals surface area contributed by atoms with Gasteiger partial charge >= 0.3 is 0 Å². The molecule has 1 heteroatoms. The second kappa shape index (κ2) is 19.0. The predicted molar refractivity (Wildman–Crippen MR) is 91.1 cm³/mol. The highest BCUT2D eigenvalue weighted by Crippen LogP contribution is 2.11. The Balaban J connectivity index is 2.89. The van der Waals surface area contributed by atoms with Crippen molar-refractivity contribution in [3.8, 4) is 0 Å². The van der Waals surface area contributed by atoms with E-state index >= 15 is 0 Å². The van der Waals surface area contributed by atoms with Crippen molar-refractivity contribution in [1.82, 2.24) is 0 Å². The van der Waals surface area contributed by atoms with Crippen LogP contribution in [0.4, 0.5) is 0 Å². The number of hydrogen-bond acceptors (Lipinski definition) is 1. The summed E-state index contributed by atoms with van der Waals surface area (Å²) in [5.41, 5.74) is 0. The average molecular weight is 284 g/mol. The molecular formula is C19H39O. The minimum absolute atomic E-state index is 0.974. The first-order valence-electron chi connectivity index (χ1n) is 9.28. The maximum atomic E-state index is 5.62. The Morgan fingerprint density at radius 1 is 0.550 bits per heavy atom. The smallest absolute Gasteiger partial charge is 0.0466 e. The van der Waals surface area contributed by atoms with Crippen LogP contribution in [-0.4, -0.2) is 13.2 Å². The molecule has 0 fully saturated rings. The van der Waals surface area contributed by atoms with E-state index in [9.17, 15) is 0 Å². The number of rotatable bonds is 17. The molecule has 1 nitrogen and oxygen atoms in total. The van der Waals surface area contributed by atoms with E-state index in [0.717, 1.165) is 19.6 Å². The van der Waals surface area contributed by atoms with Crippen LogP contribution in [0.25, 0.3) is 0 Å². The largest absolute Gasteiger partial charge is 0.381 e. The van der Waals surface area contributed by atoms with Crippen molar-refractivity contribution in [3.05, 3.63) is 6.92 Å². The normalized spacial score (nSPS) is 11.1. The molecule has 121 valence electrons. The van der Waals surface area contributed by atoms with Crippen LogP contribution in [-0.2, 0) is 4.74 Å². The van der Waals surface area contributed by atoms with E-state index < -0.39 is 0 Å². The minimum Gasteiger partial charge on any atom is -0.381 e. The molecule has 1 radical (unpaired) electrons. The van der Waals surface area contributed by atoms with Crippen LogP contribution in [0.1, 0.15) is 103 Å². The highest BCUT2D eigenvalue weighted by atomic mass is 16.5. The molecule has 0 N–H and O–H groups in total. The molecule has 0 amide bonds. The Hall–Kier alpha value is -0.0400. The van der Waals surface area contributed by atoms with E-state index in [2.05, 4.69) is 13.8 Å². The summed E-state index contributed by atoms with van der Waals surface area (Å²) in [6, 6.07) is 0. The van der Waals surface area contributed by atoms with Gasteiger partial charge in [0.1, 0.15) is 0 Å². The van der Waals surface area contributed by atoms with E-state index in [4.69, 9.17) is 4.74 Å². The van der Waals surface area contributed by atoms with Gasteiger partial charge in [-0.25, -0.2) is 0 Å². The fraction of sp³-hybridized carbons (Fsp3) is 0.947. The maximum absolute atomic E-state index is 5.62. The molecule has 0 rings (SSSR count). The standard InChI is InChI=1S/C19H39O/c1-3-5-7-8-9-10-11-12-13-14-15-17-19-20-18-16-6-4-2/h1,3-19H2,2H3. The monoisotopic (exact) mass is 283 g/mol. The SMILES string of the molecule is [CH2]CCCCCCCCCCCCCOCCCCC. The van der Waals surface area contributed by atoms with E-state index in [1.165, 1.54) is 89.9 Å². The third-order valence-corrected chi connectivity index (χ3v) is 3.93. The Kier molecular flexibility index (Phi) is 18.9. The first kappa shape index (κ1) is 20.0. The molecule has 0 aromatic rings. The third-order valence-electron chi connectivity index (χ3n) is 3.93. The molecule has 0 aromatic carbocycles. The molecule has 0 aliphatic carbocycles. The summed E-state index contributed by atoms with van der Waals surface area (Å²) in [6.07, 6.45) is 20.3. The van der Waals surface area contributed by atoms with Crippen molar-refractivity contribution in [1.29, 1.82) is 0 Å². The number of hydrogen-bond donors (Lipinski definition) is 0. The summed E-state index contributed by atoms with van der Waals surface area (Å²) in [6.45, 7) is 8.08. The van der Waals surface area contributed by atoms with Crippen molar-refractivity contribution in [2.45, 2.75) is 103 Å². The lowest BCUT2D eigenvalue weighted by Gasteiger charge is -2.04. The second-order valence-corrected chi connectivity index (χ2v) is 6.06. The summed E-state index contributed by atoms with van der Waals surface area (Å²) < 4.78 is 5.62. The van der Waals surface area contributed by atoms with Crippen molar-refractivity contribution in [2.24, 2.45) is 0 Å². The Morgan fingerprint density at radius 2 is 0.950 bits per heavy atom. The molecule has 0 atom stereocenters. The molecular weight excluding hydrogens is 244 g/mol. The Labute approximate surface area is 128 Å². The van der Waals surface area contributed by atoms with Gasteiger partial charge in [-0.3, -0.25) is 0 Å². The molecule has 0 heterocycles. The Bertz CT molecular complexity index is 138. The summed E-state index contributed by atoms with van der Waals surface area (Å²) in [7, 11) is 0. The molecule has 0 saturated carbocycles. The quantitative estimate of drug-likeness (QED) is 0.270. The van der Waals surface area contributed by atoms with Crippen LogP contribution >= 0.6 is 0 Å². The van der Waals surface area contributed by atoms with E-state index in [-0.39, 0.29) is 0 Å². The highest BCUT2D eigenvalue weighted by Gasteiger charge is 1.94. The summed E-state index contributed by atoms with van der Waals surface area (Å²) in [5.74, 6) is 0. The van der Waals surface area contributed by atoms with Crippen molar-refractivity contribution >= 4 is 0 Å². The number of unbranched alkanes of at least 4 members (excludes halogenated alkanes) is 13. The van der Waals surface area contributed by atoms with E-state index in [0.29, 0.717) is 0 Å². The minimum atomic E-state index is 0.974. The first-order valence-corrected chi connectivity index (χ1v) is 9.28. The number of ether oxygens (including phenoxy) is 1. The average Bonchev–Trinajstić information content (AvgIpc) is 2.47. The van der Waals surface area contributed by atoms with E-state index in [1.54, 1.807) is 0 Å². The molecule has 0 aliphatic heterocycles. The van der Waals surface area contributed by atoms with Crippen LogP contribution in [0.3, 0.4) is 0 Å².